The molecule has 30 heavy (non-hydrogen) atoms. The Kier molecular flexibility index (Phi) is 11.5. The zero-order valence-electron chi connectivity index (χ0n) is 16.6. The van der Waals surface area contributed by atoms with Crippen LogP contribution in [0.1, 0.15) is 59.2 Å². The Hall–Kier alpha value is -2.66. The smallest absolute Gasteiger partial charge is 0.330 e. The summed E-state index contributed by atoms with van der Waals surface area (Å²) in [5, 5.41) is 17.5. The van der Waals surface area contributed by atoms with Gasteiger partial charge in [0.25, 0.3) is 0 Å². The van der Waals surface area contributed by atoms with Crippen molar-refractivity contribution in [2.24, 2.45) is 23.3 Å². The molecule has 6 N–H and O–H groups in total. The third-order valence-corrected chi connectivity index (χ3v) is 4.73. The average molecular weight is 424 g/mol. The van der Waals surface area contributed by atoms with Crippen LogP contribution in [-0.2, 0) is 19.4 Å². The molecule has 10 nitrogen and oxygen atoms in total. The summed E-state index contributed by atoms with van der Waals surface area (Å²) in [6.45, 7) is 0.718. The van der Waals surface area contributed by atoms with Crippen LogP contribution >= 0.6 is 0 Å². The standard InChI is InChI=1S/C20H28N2O8/c21-11-5-3-9-15(19(25)29-27)17(23)13-7-1-2-8-14(13)18(24)16(20(26)30-28)10-4-6-12-22/h1-2,7-8,15-16,27-28H,3-6,9-12,21-22H2. The van der Waals surface area contributed by atoms with Gasteiger partial charge in [0, 0.05) is 11.1 Å². The van der Waals surface area contributed by atoms with E-state index < -0.39 is 35.3 Å². The largest absolute Gasteiger partial charge is 0.352 e. The molecule has 0 aliphatic rings. The van der Waals surface area contributed by atoms with Gasteiger partial charge in [0.05, 0.1) is 0 Å². The number of benzene rings is 1. The second-order valence-electron chi connectivity index (χ2n) is 6.77. The first-order valence-corrected chi connectivity index (χ1v) is 9.70. The van der Waals surface area contributed by atoms with Crippen molar-refractivity contribution in [1.29, 1.82) is 0 Å². The van der Waals surface area contributed by atoms with E-state index in [9.17, 15) is 19.2 Å². The van der Waals surface area contributed by atoms with E-state index in [1.165, 1.54) is 24.3 Å². The predicted octanol–water partition coefficient (Wildman–Crippen LogP) is 1.57. The maximum atomic E-state index is 13.0. The predicted molar refractivity (Wildman–Crippen MR) is 105 cm³/mol. The van der Waals surface area contributed by atoms with Gasteiger partial charge in [-0.2, -0.15) is 10.5 Å². The average Bonchev–Trinajstić information content (AvgIpc) is 2.78. The van der Waals surface area contributed by atoms with Crippen LogP contribution in [0.5, 0.6) is 0 Å². The lowest BCUT2D eigenvalue weighted by atomic mass is 9.85. The minimum atomic E-state index is -1.34. The number of unbranched alkanes of at least 4 members (excludes halogenated alkanes) is 2. The molecular formula is C20H28N2O8. The van der Waals surface area contributed by atoms with Crippen LogP contribution < -0.4 is 11.5 Å². The highest BCUT2D eigenvalue weighted by Crippen LogP contribution is 2.24. The molecule has 1 aromatic rings. The lowest BCUT2D eigenvalue weighted by Gasteiger charge is -2.17. The lowest BCUT2D eigenvalue weighted by molar-refractivity contribution is -0.237. The normalized spacial score (nSPS) is 12.7. The van der Waals surface area contributed by atoms with Crippen molar-refractivity contribution in [2.75, 3.05) is 13.1 Å². The van der Waals surface area contributed by atoms with Gasteiger partial charge in [-0.15, -0.1) is 0 Å². The molecule has 0 heterocycles. The van der Waals surface area contributed by atoms with E-state index >= 15 is 0 Å². The summed E-state index contributed by atoms with van der Waals surface area (Å²) in [4.78, 5) is 57.4. The molecule has 0 radical (unpaired) electrons. The molecule has 166 valence electrons. The van der Waals surface area contributed by atoms with E-state index in [-0.39, 0.29) is 24.0 Å². The van der Waals surface area contributed by atoms with Crippen molar-refractivity contribution in [3.63, 3.8) is 0 Å². The van der Waals surface area contributed by atoms with Crippen molar-refractivity contribution in [3.8, 4) is 0 Å². The fourth-order valence-electron chi connectivity index (χ4n) is 3.11. The van der Waals surface area contributed by atoms with Crippen LogP contribution in [0.2, 0.25) is 0 Å². The number of nitrogens with two attached hydrogens (primary N) is 2. The summed E-state index contributed by atoms with van der Waals surface area (Å²) in [5.74, 6) is -6.42. The number of Topliss-reactive ketones (excluding diaryl/α,β-unsaturated/α-hetero) is 2. The summed E-state index contributed by atoms with van der Waals surface area (Å²) >= 11 is 0. The fourth-order valence-corrected chi connectivity index (χ4v) is 3.11. The van der Waals surface area contributed by atoms with Gasteiger partial charge in [0.1, 0.15) is 11.8 Å². The molecule has 0 aliphatic heterocycles. The Balaban J connectivity index is 3.23. The number of hydrogen-bond acceptors (Lipinski definition) is 10. The molecule has 0 aromatic heterocycles. The number of hydrogen-bond donors (Lipinski definition) is 4. The van der Waals surface area contributed by atoms with Gasteiger partial charge in [0.2, 0.25) is 0 Å². The van der Waals surface area contributed by atoms with E-state index in [0.29, 0.717) is 38.8 Å². The van der Waals surface area contributed by atoms with Crippen molar-refractivity contribution < 1.29 is 39.5 Å². The van der Waals surface area contributed by atoms with Crippen LogP contribution in [0.25, 0.3) is 0 Å². The van der Waals surface area contributed by atoms with E-state index in [0.717, 1.165) is 0 Å². The SMILES string of the molecule is NCCCCC(C(=O)OO)C(=O)c1ccccc1C(=O)C(CCCCN)C(=O)OO. The number of carbonyl (C=O) groups excluding carboxylic acids is 4. The molecule has 0 aliphatic carbocycles. The Bertz CT molecular complexity index is 676. The van der Waals surface area contributed by atoms with E-state index in [2.05, 4.69) is 9.78 Å². The van der Waals surface area contributed by atoms with Gasteiger partial charge in [-0.25, -0.2) is 9.59 Å². The third kappa shape index (κ3) is 6.99. The molecule has 1 aromatic carbocycles. The Morgan fingerprint density at radius 3 is 1.40 bits per heavy atom. The molecular weight excluding hydrogens is 396 g/mol. The van der Waals surface area contributed by atoms with Crippen LogP contribution in [0.15, 0.2) is 24.3 Å². The second kappa shape index (κ2) is 13.5. The van der Waals surface area contributed by atoms with E-state index in [1.54, 1.807) is 0 Å². The fraction of sp³-hybridized carbons (Fsp3) is 0.500. The summed E-state index contributed by atoms with van der Waals surface area (Å²) < 4.78 is 0. The summed E-state index contributed by atoms with van der Waals surface area (Å²) in [7, 11) is 0. The maximum Gasteiger partial charge on any atom is 0.352 e. The maximum absolute atomic E-state index is 13.0. The summed E-state index contributed by atoms with van der Waals surface area (Å²) in [6.07, 6.45) is 2.09. The summed E-state index contributed by atoms with van der Waals surface area (Å²) in [5.41, 5.74) is 10.7. The van der Waals surface area contributed by atoms with Gasteiger partial charge < -0.3 is 21.2 Å². The van der Waals surface area contributed by atoms with Crippen LogP contribution in [0, 0.1) is 11.8 Å². The number of carbonyl (C=O) groups is 4. The zero-order chi connectivity index (χ0) is 22.5. The van der Waals surface area contributed by atoms with Crippen LogP contribution in [0.4, 0.5) is 0 Å². The molecule has 0 fully saturated rings. The Labute approximate surface area is 174 Å². The zero-order valence-corrected chi connectivity index (χ0v) is 16.6. The first-order chi connectivity index (χ1) is 14.4. The number of rotatable bonds is 14. The van der Waals surface area contributed by atoms with Gasteiger partial charge in [-0.1, -0.05) is 37.1 Å². The van der Waals surface area contributed by atoms with Crippen LogP contribution in [0.3, 0.4) is 0 Å². The highest BCUT2D eigenvalue weighted by Gasteiger charge is 2.35. The highest BCUT2D eigenvalue weighted by molar-refractivity contribution is 6.17. The quantitative estimate of drug-likeness (QED) is 0.113. The van der Waals surface area contributed by atoms with E-state index in [4.69, 9.17) is 22.0 Å². The van der Waals surface area contributed by atoms with Crippen molar-refractivity contribution in [2.45, 2.75) is 38.5 Å². The minimum absolute atomic E-state index is 0.0660. The second-order valence-corrected chi connectivity index (χ2v) is 6.77. The lowest BCUT2D eigenvalue weighted by Crippen LogP contribution is -2.30. The molecule has 2 atom stereocenters. The monoisotopic (exact) mass is 424 g/mol. The van der Waals surface area contributed by atoms with Gasteiger partial charge in [0.15, 0.2) is 11.6 Å². The van der Waals surface area contributed by atoms with Crippen molar-refractivity contribution in [3.05, 3.63) is 35.4 Å². The van der Waals surface area contributed by atoms with E-state index in [1.807, 2.05) is 0 Å². The topological polar surface area (TPSA) is 179 Å². The molecule has 0 spiro atoms. The van der Waals surface area contributed by atoms with Gasteiger partial charge in [-0.05, 0) is 38.8 Å². The van der Waals surface area contributed by atoms with Crippen molar-refractivity contribution in [1.82, 2.24) is 0 Å². The van der Waals surface area contributed by atoms with Crippen LogP contribution in [-0.4, -0.2) is 47.1 Å². The summed E-state index contributed by atoms with van der Waals surface area (Å²) in [6, 6.07) is 5.69. The molecule has 1 rings (SSSR count). The molecule has 0 amide bonds. The van der Waals surface area contributed by atoms with Gasteiger partial charge >= 0.3 is 11.9 Å². The Morgan fingerprint density at radius 1 is 0.733 bits per heavy atom. The minimum Gasteiger partial charge on any atom is -0.330 e. The molecule has 0 bridgehead atoms. The number of ketones is 2. The highest BCUT2D eigenvalue weighted by atomic mass is 17.1. The van der Waals surface area contributed by atoms with Crippen molar-refractivity contribution >= 4 is 23.5 Å². The first-order valence-electron chi connectivity index (χ1n) is 9.70. The third-order valence-electron chi connectivity index (χ3n) is 4.73. The Morgan fingerprint density at radius 2 is 1.10 bits per heavy atom. The molecule has 10 heteroatoms. The molecule has 2 unspecified atom stereocenters. The molecule has 0 saturated heterocycles. The van der Waals surface area contributed by atoms with Gasteiger partial charge in [-0.3, -0.25) is 9.59 Å². The first kappa shape index (κ1) is 25.4. The molecule has 0 saturated carbocycles.